The summed E-state index contributed by atoms with van der Waals surface area (Å²) in [7, 11) is -3.62. The van der Waals surface area contributed by atoms with Gasteiger partial charge in [0.25, 0.3) is 0 Å². The van der Waals surface area contributed by atoms with Gasteiger partial charge in [-0.1, -0.05) is 206 Å². The first-order valence-corrected chi connectivity index (χ1v) is 20.3. The largest absolute Gasteiger partial charge is 3.00 e. The molecule has 0 saturated heterocycles. The molecule has 0 spiro atoms. The maximum atomic E-state index is 12.1. The van der Waals surface area contributed by atoms with Crippen LogP contribution in [0.3, 0.4) is 0 Å². The molecule has 1 radical (unpaired) electrons. The Bertz CT molecular complexity index is 517. The SMILES string of the molecule is CCCCCCCCCCCCCCCCCCOP(=O)([O-])CCCCCCCCCCCCCCCCCC.[Nd+3]. The topological polar surface area (TPSA) is 49.4 Å². The molecule has 0 saturated carbocycles. The van der Waals surface area contributed by atoms with Crippen molar-refractivity contribution >= 4 is 7.60 Å². The summed E-state index contributed by atoms with van der Waals surface area (Å²) in [6, 6.07) is 0. The summed E-state index contributed by atoms with van der Waals surface area (Å²) in [6.45, 7) is 4.95. The Balaban J connectivity index is 0. The molecule has 0 aromatic carbocycles. The van der Waals surface area contributed by atoms with E-state index in [2.05, 4.69) is 13.8 Å². The van der Waals surface area contributed by atoms with Gasteiger partial charge < -0.3 is 14.0 Å². The Morgan fingerprint density at radius 3 is 0.878 bits per heavy atom. The Kier molecular flexibility index (Phi) is 41.0. The fourth-order valence-corrected chi connectivity index (χ4v) is 6.92. The van der Waals surface area contributed by atoms with Crippen LogP contribution in [-0.4, -0.2) is 12.8 Å². The van der Waals surface area contributed by atoms with Gasteiger partial charge in [-0.15, -0.1) is 0 Å². The summed E-state index contributed by atoms with van der Waals surface area (Å²) in [5, 5.41) is 0. The second-order valence-electron chi connectivity index (χ2n) is 12.8. The van der Waals surface area contributed by atoms with E-state index in [0.29, 0.717) is 6.61 Å². The number of hydrogen-bond acceptors (Lipinski definition) is 3. The molecule has 0 rings (SSSR count). The Hall–Kier alpha value is 1.50. The molecule has 0 heterocycles. The molecule has 0 fully saturated rings. The van der Waals surface area contributed by atoms with Gasteiger partial charge in [0, 0.05) is 6.16 Å². The predicted molar refractivity (Wildman–Crippen MR) is 178 cm³/mol. The first-order chi connectivity index (χ1) is 19.6. The van der Waals surface area contributed by atoms with E-state index in [-0.39, 0.29) is 47.0 Å². The van der Waals surface area contributed by atoms with E-state index < -0.39 is 7.60 Å². The van der Waals surface area contributed by atoms with Crippen LogP contribution in [0.1, 0.15) is 219 Å². The molecule has 3 nitrogen and oxygen atoms in total. The van der Waals surface area contributed by atoms with Gasteiger partial charge in [-0.3, -0.25) is 0 Å². The van der Waals surface area contributed by atoms with E-state index in [1.54, 1.807) is 0 Å². The van der Waals surface area contributed by atoms with Crippen LogP contribution in [-0.2, 0) is 9.09 Å². The van der Waals surface area contributed by atoms with Crippen molar-refractivity contribution in [1.82, 2.24) is 0 Å². The molecule has 0 aromatic heterocycles. The van der Waals surface area contributed by atoms with E-state index in [0.717, 1.165) is 32.1 Å². The first-order valence-electron chi connectivity index (χ1n) is 18.6. The number of hydrogen-bond donors (Lipinski definition) is 0. The molecular formula is C36H74NdO3P+2. The van der Waals surface area contributed by atoms with Gasteiger partial charge in [-0.25, -0.2) is 0 Å². The molecule has 1 atom stereocenters. The number of unbranched alkanes of at least 4 members (excludes halogenated alkanes) is 30. The smallest absolute Gasteiger partial charge is 0.778 e. The maximum Gasteiger partial charge on any atom is 3.00 e. The maximum absolute atomic E-state index is 12.1. The Labute approximate surface area is 292 Å². The molecule has 0 aromatic rings. The van der Waals surface area contributed by atoms with Crippen molar-refractivity contribution in [3.63, 3.8) is 0 Å². The summed E-state index contributed by atoms with van der Waals surface area (Å²) in [5.74, 6) is 0. The summed E-state index contributed by atoms with van der Waals surface area (Å²) in [5.41, 5.74) is 0. The normalized spacial score (nSPS) is 12.9. The van der Waals surface area contributed by atoms with Crippen LogP contribution in [0.5, 0.6) is 0 Å². The van der Waals surface area contributed by atoms with Crippen LogP contribution in [0.25, 0.3) is 0 Å². The molecular weight excluding hydrogens is 656 g/mol. The van der Waals surface area contributed by atoms with Crippen molar-refractivity contribution in [1.29, 1.82) is 0 Å². The zero-order valence-electron chi connectivity index (χ0n) is 28.2. The Morgan fingerprint density at radius 1 is 0.390 bits per heavy atom. The van der Waals surface area contributed by atoms with E-state index in [9.17, 15) is 9.46 Å². The average molecular weight is 730 g/mol. The van der Waals surface area contributed by atoms with Crippen LogP contribution < -0.4 is 4.89 Å². The monoisotopic (exact) mass is 727 g/mol. The Morgan fingerprint density at radius 2 is 0.610 bits per heavy atom. The molecule has 1 unspecified atom stereocenters. The van der Waals surface area contributed by atoms with Gasteiger partial charge in [-0.2, -0.15) is 0 Å². The quantitative estimate of drug-likeness (QED) is 0.0482. The third kappa shape index (κ3) is 39.5. The summed E-state index contributed by atoms with van der Waals surface area (Å²) in [6.07, 6.45) is 42.4. The zero-order valence-corrected chi connectivity index (χ0v) is 32.3. The molecule has 0 N–H and O–H groups in total. The van der Waals surface area contributed by atoms with Gasteiger partial charge in [0.1, 0.15) is 7.60 Å². The first kappa shape index (κ1) is 44.6. The minimum absolute atomic E-state index is 0. The van der Waals surface area contributed by atoms with Crippen molar-refractivity contribution < 1.29 is 54.8 Å². The molecule has 0 aliphatic carbocycles. The van der Waals surface area contributed by atoms with Crippen LogP contribution >= 0.6 is 7.60 Å². The van der Waals surface area contributed by atoms with Crippen LogP contribution in [0.2, 0.25) is 0 Å². The molecule has 5 heteroatoms. The minimum Gasteiger partial charge on any atom is -0.778 e. The molecule has 0 bridgehead atoms. The van der Waals surface area contributed by atoms with E-state index in [4.69, 9.17) is 4.52 Å². The molecule has 0 aliphatic heterocycles. The minimum atomic E-state index is -3.62. The van der Waals surface area contributed by atoms with Crippen LogP contribution in [0.15, 0.2) is 0 Å². The van der Waals surface area contributed by atoms with Gasteiger partial charge in [0.05, 0.1) is 6.61 Å². The van der Waals surface area contributed by atoms with Crippen molar-refractivity contribution in [2.75, 3.05) is 12.8 Å². The van der Waals surface area contributed by atoms with E-state index >= 15 is 0 Å². The zero-order chi connectivity index (χ0) is 29.2. The van der Waals surface area contributed by atoms with E-state index in [1.165, 1.54) is 173 Å². The summed E-state index contributed by atoms with van der Waals surface area (Å²) >= 11 is 0. The third-order valence-corrected chi connectivity index (χ3v) is 10.0. The van der Waals surface area contributed by atoms with Crippen molar-refractivity contribution in [2.24, 2.45) is 0 Å². The average Bonchev–Trinajstić information content (AvgIpc) is 2.94. The summed E-state index contributed by atoms with van der Waals surface area (Å²) in [4.78, 5) is 12.1. The van der Waals surface area contributed by atoms with E-state index in [1.807, 2.05) is 0 Å². The van der Waals surface area contributed by atoms with Gasteiger partial charge in [-0.05, 0) is 12.8 Å². The molecule has 41 heavy (non-hydrogen) atoms. The second kappa shape index (κ2) is 37.7. The van der Waals surface area contributed by atoms with Gasteiger partial charge >= 0.3 is 40.8 Å². The molecule has 0 amide bonds. The van der Waals surface area contributed by atoms with Gasteiger partial charge in [0.2, 0.25) is 0 Å². The molecule has 243 valence electrons. The molecule has 0 aliphatic rings. The third-order valence-electron chi connectivity index (χ3n) is 8.57. The standard InChI is InChI=1S/C36H75O3P.Nd/c1-3-5-7-9-11-13-15-17-19-21-23-25-27-29-31-33-35-39-40(37,38)36-34-32-30-28-26-24-22-20-18-16-14-12-10-8-6-4-2;/h3-36H2,1-2H3,(H,37,38);/q;+3/p-1. The van der Waals surface area contributed by atoms with Crippen molar-refractivity contribution in [3.8, 4) is 0 Å². The van der Waals surface area contributed by atoms with Crippen molar-refractivity contribution in [2.45, 2.75) is 219 Å². The van der Waals surface area contributed by atoms with Crippen LogP contribution in [0, 0.1) is 40.8 Å². The summed E-state index contributed by atoms with van der Waals surface area (Å²) < 4.78 is 17.4. The number of rotatable bonds is 35. The fraction of sp³-hybridized carbons (Fsp3) is 1.00. The van der Waals surface area contributed by atoms with Gasteiger partial charge in [0.15, 0.2) is 0 Å². The predicted octanol–water partition coefficient (Wildman–Crippen LogP) is 13.1. The fourth-order valence-electron chi connectivity index (χ4n) is 5.77. The van der Waals surface area contributed by atoms with Crippen LogP contribution in [0.4, 0.5) is 0 Å². The van der Waals surface area contributed by atoms with Crippen molar-refractivity contribution in [3.05, 3.63) is 0 Å². The second-order valence-corrected chi connectivity index (χ2v) is 14.7.